The molecule has 94 valence electrons. The molecular formula is C14H22N2O. The summed E-state index contributed by atoms with van der Waals surface area (Å²) in [7, 11) is 4.20. The average molecular weight is 234 g/mol. The van der Waals surface area contributed by atoms with E-state index in [0.29, 0.717) is 6.54 Å². The predicted octanol–water partition coefficient (Wildman–Crippen LogP) is 1.75. The Bertz CT molecular complexity index is 403. The molecule has 1 aliphatic rings. The molecule has 0 saturated carbocycles. The van der Waals surface area contributed by atoms with Gasteiger partial charge in [0.2, 0.25) is 0 Å². The third-order valence-corrected chi connectivity index (χ3v) is 3.93. The second-order valence-corrected chi connectivity index (χ2v) is 4.88. The summed E-state index contributed by atoms with van der Waals surface area (Å²) in [6.07, 6.45) is 1.95. The van der Waals surface area contributed by atoms with Gasteiger partial charge in [0, 0.05) is 18.5 Å². The van der Waals surface area contributed by atoms with Gasteiger partial charge in [-0.2, -0.15) is 0 Å². The zero-order valence-electron chi connectivity index (χ0n) is 11.0. The number of likely N-dealkylation sites (N-methyl/N-ethyl adjacent to an activating group) is 1. The topological polar surface area (TPSA) is 38.5 Å². The van der Waals surface area contributed by atoms with Crippen molar-refractivity contribution in [2.45, 2.75) is 25.3 Å². The molecule has 0 saturated heterocycles. The minimum Gasteiger partial charge on any atom is -0.493 e. The standard InChI is InChI=1S/C14H22N2O/c1-4-11-6-5-7-12-13(11)17-9-8-14(12,10-15)16(2)3/h5-7H,4,8-10,15H2,1-3H3. The second kappa shape index (κ2) is 4.67. The van der Waals surface area contributed by atoms with Gasteiger partial charge in [0.15, 0.2) is 0 Å². The molecule has 0 aromatic heterocycles. The fourth-order valence-corrected chi connectivity index (χ4v) is 2.72. The van der Waals surface area contributed by atoms with Crippen LogP contribution in [0.3, 0.4) is 0 Å². The maximum Gasteiger partial charge on any atom is 0.127 e. The zero-order chi connectivity index (χ0) is 12.5. The fraction of sp³-hybridized carbons (Fsp3) is 0.571. The molecule has 0 aliphatic carbocycles. The first-order valence-corrected chi connectivity index (χ1v) is 6.28. The van der Waals surface area contributed by atoms with E-state index in [0.717, 1.165) is 25.2 Å². The quantitative estimate of drug-likeness (QED) is 0.866. The number of rotatable bonds is 3. The van der Waals surface area contributed by atoms with E-state index in [9.17, 15) is 0 Å². The van der Waals surface area contributed by atoms with Gasteiger partial charge in [-0.1, -0.05) is 25.1 Å². The highest BCUT2D eigenvalue weighted by atomic mass is 16.5. The monoisotopic (exact) mass is 234 g/mol. The summed E-state index contributed by atoms with van der Waals surface area (Å²) < 4.78 is 5.87. The second-order valence-electron chi connectivity index (χ2n) is 4.88. The zero-order valence-corrected chi connectivity index (χ0v) is 11.0. The summed E-state index contributed by atoms with van der Waals surface area (Å²) >= 11 is 0. The first-order valence-electron chi connectivity index (χ1n) is 6.28. The number of aryl methyl sites for hydroxylation is 1. The van der Waals surface area contributed by atoms with Crippen LogP contribution in [0.15, 0.2) is 18.2 Å². The van der Waals surface area contributed by atoms with E-state index in [1.54, 1.807) is 0 Å². The summed E-state index contributed by atoms with van der Waals surface area (Å²) in [5, 5.41) is 0. The van der Waals surface area contributed by atoms with Crippen LogP contribution < -0.4 is 10.5 Å². The molecule has 0 spiro atoms. The van der Waals surface area contributed by atoms with Gasteiger partial charge < -0.3 is 10.5 Å². The van der Waals surface area contributed by atoms with Gasteiger partial charge in [0.05, 0.1) is 12.1 Å². The van der Waals surface area contributed by atoms with Gasteiger partial charge in [0.25, 0.3) is 0 Å². The van der Waals surface area contributed by atoms with Crippen LogP contribution in [0.2, 0.25) is 0 Å². The highest BCUT2D eigenvalue weighted by molar-refractivity contribution is 5.47. The van der Waals surface area contributed by atoms with Crippen molar-refractivity contribution in [3.63, 3.8) is 0 Å². The average Bonchev–Trinajstić information content (AvgIpc) is 2.36. The van der Waals surface area contributed by atoms with Crippen LogP contribution in [0.25, 0.3) is 0 Å². The molecule has 0 amide bonds. The van der Waals surface area contributed by atoms with Crippen molar-refractivity contribution < 1.29 is 4.74 Å². The highest BCUT2D eigenvalue weighted by Gasteiger charge is 2.39. The van der Waals surface area contributed by atoms with Gasteiger partial charge in [0.1, 0.15) is 5.75 Å². The summed E-state index contributed by atoms with van der Waals surface area (Å²) in [4.78, 5) is 2.23. The van der Waals surface area contributed by atoms with Gasteiger partial charge in [-0.05, 0) is 26.1 Å². The normalized spacial score (nSPS) is 23.4. The number of hydrogen-bond acceptors (Lipinski definition) is 3. The van der Waals surface area contributed by atoms with Crippen molar-refractivity contribution >= 4 is 0 Å². The first-order chi connectivity index (χ1) is 8.15. The number of fused-ring (bicyclic) bond motifs is 1. The van der Waals surface area contributed by atoms with E-state index in [1.807, 2.05) is 0 Å². The van der Waals surface area contributed by atoms with Crippen molar-refractivity contribution in [2.24, 2.45) is 5.73 Å². The Morgan fingerprint density at radius 2 is 2.18 bits per heavy atom. The number of nitrogens with two attached hydrogens (primary N) is 1. The lowest BCUT2D eigenvalue weighted by atomic mass is 9.82. The summed E-state index contributed by atoms with van der Waals surface area (Å²) in [6.45, 7) is 3.54. The molecule has 3 nitrogen and oxygen atoms in total. The van der Waals surface area contributed by atoms with Crippen molar-refractivity contribution in [2.75, 3.05) is 27.2 Å². The minimum absolute atomic E-state index is 0.0707. The van der Waals surface area contributed by atoms with Gasteiger partial charge >= 0.3 is 0 Å². The maximum absolute atomic E-state index is 6.05. The van der Waals surface area contributed by atoms with Crippen LogP contribution in [0.5, 0.6) is 5.75 Å². The Hall–Kier alpha value is -1.06. The van der Waals surface area contributed by atoms with E-state index >= 15 is 0 Å². The van der Waals surface area contributed by atoms with Crippen molar-refractivity contribution in [1.82, 2.24) is 4.90 Å². The first kappa shape index (κ1) is 12.4. The maximum atomic E-state index is 6.05. The molecule has 3 heteroatoms. The molecule has 2 N–H and O–H groups in total. The number of hydrogen-bond donors (Lipinski definition) is 1. The summed E-state index contributed by atoms with van der Waals surface area (Å²) in [6, 6.07) is 6.40. The Kier molecular flexibility index (Phi) is 3.40. The molecule has 1 aromatic carbocycles. The smallest absolute Gasteiger partial charge is 0.127 e. The molecule has 1 atom stereocenters. The van der Waals surface area contributed by atoms with E-state index in [1.165, 1.54) is 11.1 Å². The number of nitrogens with zero attached hydrogens (tertiary/aromatic N) is 1. The Morgan fingerprint density at radius 1 is 1.41 bits per heavy atom. The predicted molar refractivity (Wildman–Crippen MR) is 70.4 cm³/mol. The molecule has 0 fully saturated rings. The van der Waals surface area contributed by atoms with Gasteiger partial charge in [-0.15, -0.1) is 0 Å². The summed E-state index contributed by atoms with van der Waals surface area (Å²) in [5.74, 6) is 1.06. The SMILES string of the molecule is CCc1cccc2c1OCCC2(CN)N(C)C. The Labute approximate surface area is 104 Å². The largest absolute Gasteiger partial charge is 0.493 e. The van der Waals surface area contributed by atoms with Gasteiger partial charge in [-0.3, -0.25) is 4.90 Å². The molecule has 2 rings (SSSR count). The van der Waals surface area contributed by atoms with Crippen molar-refractivity contribution in [3.8, 4) is 5.75 Å². The lowest BCUT2D eigenvalue weighted by Crippen LogP contribution is -2.50. The van der Waals surface area contributed by atoms with Crippen molar-refractivity contribution in [1.29, 1.82) is 0 Å². The number of para-hydroxylation sites is 1. The molecular weight excluding hydrogens is 212 g/mol. The minimum atomic E-state index is -0.0707. The molecule has 1 unspecified atom stereocenters. The third kappa shape index (κ3) is 1.83. The molecule has 1 heterocycles. The van der Waals surface area contributed by atoms with Crippen LogP contribution in [0.4, 0.5) is 0 Å². The number of ether oxygens (including phenoxy) is 1. The lowest BCUT2D eigenvalue weighted by molar-refractivity contribution is 0.0931. The molecule has 17 heavy (non-hydrogen) atoms. The fourth-order valence-electron chi connectivity index (χ4n) is 2.72. The highest BCUT2D eigenvalue weighted by Crippen LogP contribution is 2.41. The number of benzene rings is 1. The van der Waals surface area contributed by atoms with E-state index in [-0.39, 0.29) is 5.54 Å². The Balaban J connectivity index is 2.58. The van der Waals surface area contributed by atoms with Crippen LogP contribution in [-0.4, -0.2) is 32.1 Å². The van der Waals surface area contributed by atoms with Crippen LogP contribution in [0, 0.1) is 0 Å². The molecule has 1 aliphatic heterocycles. The van der Waals surface area contributed by atoms with E-state index in [4.69, 9.17) is 10.5 Å². The van der Waals surface area contributed by atoms with Crippen LogP contribution in [0.1, 0.15) is 24.5 Å². The van der Waals surface area contributed by atoms with E-state index in [2.05, 4.69) is 44.1 Å². The van der Waals surface area contributed by atoms with E-state index < -0.39 is 0 Å². The third-order valence-electron chi connectivity index (χ3n) is 3.93. The molecule has 0 bridgehead atoms. The van der Waals surface area contributed by atoms with Crippen LogP contribution in [-0.2, 0) is 12.0 Å². The Morgan fingerprint density at radius 3 is 2.76 bits per heavy atom. The lowest BCUT2D eigenvalue weighted by Gasteiger charge is -2.43. The van der Waals surface area contributed by atoms with Gasteiger partial charge in [-0.25, -0.2) is 0 Å². The molecule has 0 radical (unpaired) electrons. The molecule has 1 aromatic rings. The summed E-state index contributed by atoms with van der Waals surface area (Å²) in [5.41, 5.74) is 8.50. The van der Waals surface area contributed by atoms with Crippen molar-refractivity contribution in [3.05, 3.63) is 29.3 Å². The van der Waals surface area contributed by atoms with Crippen LogP contribution >= 0.6 is 0 Å².